The van der Waals surface area contributed by atoms with Gasteiger partial charge in [-0.3, -0.25) is 9.59 Å². The van der Waals surface area contributed by atoms with Crippen molar-refractivity contribution < 1.29 is 9.59 Å². The molecule has 0 aromatic carbocycles. The summed E-state index contributed by atoms with van der Waals surface area (Å²) in [6.45, 7) is 10.0. The Morgan fingerprint density at radius 1 is 1.06 bits per heavy atom. The number of carbonyl (C=O) groups is 2. The van der Waals surface area contributed by atoms with E-state index in [1.54, 1.807) is 4.90 Å². The fourth-order valence-electron chi connectivity index (χ4n) is 1.11. The van der Waals surface area contributed by atoms with E-state index in [0.717, 1.165) is 13.1 Å². The zero-order chi connectivity index (χ0) is 13.3. The quantitative estimate of drug-likeness (QED) is 0.432. The Kier molecular flexibility index (Phi) is 17.3. The second-order valence-electron chi connectivity index (χ2n) is 4.31. The molecule has 0 aliphatic carbocycles. The van der Waals surface area contributed by atoms with Gasteiger partial charge in [0, 0.05) is 39.3 Å². The molecule has 7 heteroatoms. The number of amides is 2. The number of nitrogens with two attached hydrogens (primary N) is 1. The van der Waals surface area contributed by atoms with Gasteiger partial charge >= 0.3 is 0 Å². The van der Waals surface area contributed by atoms with Crippen LogP contribution in [0.4, 0.5) is 9.59 Å². The Morgan fingerprint density at radius 3 is 1.41 bits per heavy atom. The molecule has 4 nitrogen and oxygen atoms in total. The summed E-state index contributed by atoms with van der Waals surface area (Å²) in [5.41, 5.74) is 4.34. The molecule has 3 radical (unpaired) electrons. The van der Waals surface area contributed by atoms with Gasteiger partial charge in [-0.15, -0.1) is 0 Å². The van der Waals surface area contributed by atoms with E-state index in [4.69, 9.17) is 4.79 Å². The fraction of sp³-hybridized carbons (Fsp3) is 0.800. The van der Waals surface area contributed by atoms with Crippen LogP contribution in [0.5, 0.6) is 0 Å². The van der Waals surface area contributed by atoms with Crippen molar-refractivity contribution in [2.75, 3.05) is 13.1 Å². The summed E-state index contributed by atoms with van der Waals surface area (Å²) >= 11 is 6.93. The van der Waals surface area contributed by atoms with Crippen molar-refractivity contribution in [1.82, 2.24) is 4.90 Å². The molecule has 0 fully saturated rings. The summed E-state index contributed by atoms with van der Waals surface area (Å²) in [5.74, 6) is 1.03. The molecule has 0 aromatic heterocycles. The van der Waals surface area contributed by atoms with Crippen molar-refractivity contribution in [3.63, 3.8) is 0 Å². The summed E-state index contributed by atoms with van der Waals surface area (Å²) in [7, 11) is 0. The minimum absolute atomic E-state index is 0. The minimum Gasteiger partial charge on any atom is -0.361 e. The molecular weight excluding hydrogens is 453 g/mol. The molecule has 2 amide bonds. The number of thiol groups is 2. The molecule has 0 saturated carbocycles. The average Bonchev–Trinajstić information content (AvgIpc) is 1.99. The second kappa shape index (κ2) is 13.0. The summed E-state index contributed by atoms with van der Waals surface area (Å²) in [6.07, 6.45) is 0. The maximum atomic E-state index is 11.0. The van der Waals surface area contributed by atoms with Gasteiger partial charge in [0.15, 0.2) is 0 Å². The summed E-state index contributed by atoms with van der Waals surface area (Å²) < 4.78 is 0. The molecule has 0 unspecified atom stereocenters. The number of hydrogen-bond acceptors (Lipinski definition) is 2. The number of hydrogen-bond donors (Lipinski definition) is 3. The van der Waals surface area contributed by atoms with E-state index in [9.17, 15) is 4.79 Å². The van der Waals surface area contributed by atoms with Crippen molar-refractivity contribution >= 4 is 61.9 Å². The molecule has 0 rings (SSSR count). The molecular formula is C10H22BiN2O2S2. The van der Waals surface area contributed by atoms with Crippen LogP contribution < -0.4 is 5.73 Å². The first-order chi connectivity index (χ1) is 7.16. The molecule has 0 aromatic rings. The SMILES string of the molecule is CC(C)CN(CC(C)C)C(=O)S.NC(=O)S.[Bi]. The van der Waals surface area contributed by atoms with E-state index in [0.29, 0.717) is 11.8 Å². The molecule has 101 valence electrons. The molecule has 0 spiro atoms. The smallest absolute Gasteiger partial charge is 0.278 e. The number of carbonyl (C=O) groups excluding carboxylic acids is 2. The zero-order valence-electron chi connectivity index (χ0n) is 10.8. The Labute approximate surface area is 134 Å². The monoisotopic (exact) mass is 475 g/mol. The minimum atomic E-state index is -0.639. The predicted octanol–water partition coefficient (Wildman–Crippen LogP) is 2.26. The normalized spacial score (nSPS) is 9.18. The van der Waals surface area contributed by atoms with Crippen LogP contribution in [0.2, 0.25) is 0 Å². The Hall–Kier alpha value is 0.523. The number of nitrogens with zero attached hydrogens (tertiary/aromatic N) is 1. The van der Waals surface area contributed by atoms with Gasteiger partial charge < -0.3 is 10.6 Å². The maximum Gasteiger partial charge on any atom is 0.278 e. The van der Waals surface area contributed by atoms with Crippen molar-refractivity contribution in [2.45, 2.75) is 27.7 Å². The standard InChI is InChI=1S/C9H19NOS.CH3NOS.Bi/c1-7(2)5-10(9(11)12)6-8(3)4;2-1(3)4;/h7-8H,5-6H2,1-4H3,(H,11,12);(H3,2,3,4);. The molecule has 0 heterocycles. The van der Waals surface area contributed by atoms with Crippen LogP contribution in [-0.4, -0.2) is 54.7 Å². The Bertz CT molecular complexity index is 212. The topological polar surface area (TPSA) is 63.4 Å². The third-order valence-corrected chi connectivity index (χ3v) is 1.72. The van der Waals surface area contributed by atoms with E-state index < -0.39 is 5.24 Å². The predicted molar refractivity (Wildman–Crippen MR) is 80.0 cm³/mol. The van der Waals surface area contributed by atoms with E-state index >= 15 is 0 Å². The van der Waals surface area contributed by atoms with Crippen molar-refractivity contribution in [3.05, 3.63) is 0 Å². The zero-order valence-corrected chi connectivity index (χ0v) is 16.0. The largest absolute Gasteiger partial charge is 0.361 e. The third kappa shape index (κ3) is 22.2. The molecule has 2 N–H and O–H groups in total. The van der Waals surface area contributed by atoms with Gasteiger partial charge in [-0.05, 0) is 11.8 Å². The van der Waals surface area contributed by atoms with Crippen LogP contribution in [0.3, 0.4) is 0 Å². The molecule has 0 aliphatic heterocycles. The van der Waals surface area contributed by atoms with Crippen LogP contribution in [0.25, 0.3) is 0 Å². The van der Waals surface area contributed by atoms with E-state index in [1.165, 1.54) is 0 Å². The van der Waals surface area contributed by atoms with Crippen molar-refractivity contribution in [1.29, 1.82) is 0 Å². The molecule has 0 bridgehead atoms. The van der Waals surface area contributed by atoms with Gasteiger partial charge in [0.1, 0.15) is 0 Å². The van der Waals surface area contributed by atoms with Crippen LogP contribution in [-0.2, 0) is 0 Å². The van der Waals surface area contributed by atoms with Gasteiger partial charge in [0.25, 0.3) is 10.5 Å². The van der Waals surface area contributed by atoms with Crippen molar-refractivity contribution in [3.8, 4) is 0 Å². The van der Waals surface area contributed by atoms with Crippen LogP contribution in [0.1, 0.15) is 27.7 Å². The van der Waals surface area contributed by atoms with Crippen LogP contribution >= 0.6 is 25.3 Å². The molecule has 17 heavy (non-hydrogen) atoms. The van der Waals surface area contributed by atoms with Gasteiger partial charge in [0.2, 0.25) is 0 Å². The van der Waals surface area contributed by atoms with Crippen LogP contribution in [0.15, 0.2) is 0 Å². The van der Waals surface area contributed by atoms with E-state index in [2.05, 4.69) is 58.7 Å². The second-order valence-corrected chi connectivity index (χ2v) is 5.14. The van der Waals surface area contributed by atoms with Gasteiger partial charge in [-0.1, -0.05) is 53.0 Å². The van der Waals surface area contributed by atoms with Crippen molar-refractivity contribution in [2.24, 2.45) is 17.6 Å². The van der Waals surface area contributed by atoms with Gasteiger partial charge in [-0.25, -0.2) is 0 Å². The number of primary amides is 1. The van der Waals surface area contributed by atoms with Gasteiger partial charge in [-0.2, -0.15) is 0 Å². The van der Waals surface area contributed by atoms with Gasteiger partial charge in [0.05, 0.1) is 0 Å². The first kappa shape index (κ1) is 22.7. The maximum absolute atomic E-state index is 11.0. The Balaban J connectivity index is -0.000000340. The molecule has 0 atom stereocenters. The first-order valence-corrected chi connectivity index (χ1v) is 6.02. The molecule has 0 saturated heterocycles. The first-order valence-electron chi connectivity index (χ1n) is 5.13. The summed E-state index contributed by atoms with van der Waals surface area (Å²) in [5, 5.41) is -0.752. The molecule has 0 aliphatic rings. The van der Waals surface area contributed by atoms with E-state index in [1.807, 2.05) is 0 Å². The summed E-state index contributed by atoms with van der Waals surface area (Å²) in [4.78, 5) is 21.9. The van der Waals surface area contributed by atoms with Crippen LogP contribution in [0, 0.1) is 11.8 Å². The van der Waals surface area contributed by atoms with E-state index in [-0.39, 0.29) is 31.4 Å². The third-order valence-electron chi connectivity index (χ3n) is 1.44. The number of rotatable bonds is 4. The fourth-order valence-corrected chi connectivity index (χ4v) is 1.28. The summed E-state index contributed by atoms with van der Waals surface area (Å²) in [6, 6.07) is 0. The average molecular weight is 475 g/mol. The Morgan fingerprint density at radius 2 is 1.29 bits per heavy atom.